The lowest BCUT2D eigenvalue weighted by Crippen LogP contribution is -2.43. The Morgan fingerprint density at radius 3 is 1.13 bits per heavy atom. The van der Waals surface area contributed by atoms with Crippen molar-refractivity contribution in [1.29, 1.82) is 0 Å². The van der Waals surface area contributed by atoms with Gasteiger partial charge in [-0.1, -0.05) is 38.5 Å². The van der Waals surface area contributed by atoms with Gasteiger partial charge in [-0.15, -0.1) is 0 Å². The highest BCUT2D eigenvalue weighted by atomic mass is 16.6. The number of benzene rings is 4. The minimum absolute atomic E-state index is 0.0359. The van der Waals surface area contributed by atoms with Crippen LogP contribution in [0.1, 0.15) is 64.2 Å². The van der Waals surface area contributed by atoms with Gasteiger partial charge in [-0.25, -0.2) is 9.59 Å². The molecule has 9 nitrogen and oxygen atoms in total. The number of nitrogens with zero attached hydrogens (tertiary/aromatic N) is 2. The molecule has 2 aliphatic rings. The van der Waals surface area contributed by atoms with Crippen LogP contribution in [0.3, 0.4) is 0 Å². The molecular formula is C38H40N2O7. The maximum atomic E-state index is 13.4. The van der Waals surface area contributed by atoms with Crippen LogP contribution in [0.2, 0.25) is 0 Å². The summed E-state index contributed by atoms with van der Waals surface area (Å²) in [6.07, 6.45) is 9.21. The Morgan fingerprint density at radius 1 is 0.468 bits per heavy atom. The number of carbonyl (C=O) groups is 2. The van der Waals surface area contributed by atoms with Gasteiger partial charge in [-0.2, -0.15) is 0 Å². The number of phenols is 2. The minimum atomic E-state index is -0.464. The summed E-state index contributed by atoms with van der Waals surface area (Å²) in [6.45, 7) is 0. The molecule has 9 heteroatoms. The van der Waals surface area contributed by atoms with Gasteiger partial charge in [-0.3, -0.25) is 9.80 Å². The zero-order valence-corrected chi connectivity index (χ0v) is 26.3. The zero-order chi connectivity index (χ0) is 32.6. The van der Waals surface area contributed by atoms with Crippen LogP contribution in [0.4, 0.5) is 21.0 Å². The molecule has 2 saturated carbocycles. The molecule has 47 heavy (non-hydrogen) atoms. The van der Waals surface area contributed by atoms with E-state index in [-0.39, 0.29) is 23.6 Å². The number of phenolic OH excluding ortho intramolecular Hbond substituents is 2. The first-order valence-electron chi connectivity index (χ1n) is 16.4. The van der Waals surface area contributed by atoms with E-state index in [9.17, 15) is 19.8 Å². The van der Waals surface area contributed by atoms with E-state index in [0.717, 1.165) is 64.2 Å². The largest absolute Gasteiger partial charge is 0.508 e. The van der Waals surface area contributed by atoms with Crippen molar-refractivity contribution in [2.45, 2.75) is 76.3 Å². The van der Waals surface area contributed by atoms with Crippen molar-refractivity contribution < 1.29 is 34.0 Å². The maximum Gasteiger partial charge on any atom is 0.420 e. The summed E-state index contributed by atoms with van der Waals surface area (Å²) >= 11 is 0. The first-order valence-corrected chi connectivity index (χ1v) is 16.4. The van der Waals surface area contributed by atoms with Crippen LogP contribution >= 0.6 is 0 Å². The summed E-state index contributed by atoms with van der Waals surface area (Å²) < 4.78 is 17.5. The average molecular weight is 637 g/mol. The number of aromatic hydroxyl groups is 2. The summed E-state index contributed by atoms with van der Waals surface area (Å²) in [6, 6.07) is 26.9. The van der Waals surface area contributed by atoms with E-state index in [2.05, 4.69) is 0 Å². The van der Waals surface area contributed by atoms with Gasteiger partial charge in [0.15, 0.2) is 0 Å². The quantitative estimate of drug-likeness (QED) is 0.198. The third kappa shape index (κ3) is 8.16. The van der Waals surface area contributed by atoms with E-state index in [4.69, 9.17) is 14.2 Å². The number of hydrogen-bond acceptors (Lipinski definition) is 7. The zero-order valence-electron chi connectivity index (χ0n) is 26.3. The predicted octanol–water partition coefficient (Wildman–Crippen LogP) is 9.57. The van der Waals surface area contributed by atoms with E-state index in [0.29, 0.717) is 34.4 Å². The molecule has 4 aromatic rings. The normalized spacial score (nSPS) is 15.4. The third-order valence-electron chi connectivity index (χ3n) is 8.82. The van der Waals surface area contributed by atoms with Gasteiger partial charge in [-0.05, 0) is 123 Å². The van der Waals surface area contributed by atoms with E-state index < -0.39 is 12.2 Å². The SMILES string of the molecule is O=C(Oc1ccc(Oc2ccc(OC(=O)N(c3ccc(O)cc3)C3CCCCC3)cc2)cc1)N(c1ccc(O)cc1)C1CCCCC1. The average Bonchev–Trinajstić information content (AvgIpc) is 3.09. The number of hydrogen-bond donors (Lipinski definition) is 2. The Balaban J connectivity index is 1.07. The van der Waals surface area contributed by atoms with Crippen molar-refractivity contribution in [2.75, 3.05) is 9.80 Å². The topological polar surface area (TPSA) is 109 Å². The second-order valence-corrected chi connectivity index (χ2v) is 12.1. The molecule has 2 N–H and O–H groups in total. The van der Waals surface area contributed by atoms with Crippen molar-refractivity contribution in [1.82, 2.24) is 0 Å². The van der Waals surface area contributed by atoms with Gasteiger partial charge in [0.2, 0.25) is 0 Å². The number of carbonyl (C=O) groups excluding carboxylic acids is 2. The van der Waals surface area contributed by atoms with E-state index in [1.807, 2.05) is 0 Å². The summed E-state index contributed by atoms with van der Waals surface area (Å²) in [5.41, 5.74) is 1.38. The molecule has 0 unspecified atom stereocenters. The fraction of sp³-hybridized carbons (Fsp3) is 0.316. The van der Waals surface area contributed by atoms with Crippen molar-refractivity contribution in [2.24, 2.45) is 0 Å². The lowest BCUT2D eigenvalue weighted by molar-refractivity contribution is 0.201. The molecule has 6 rings (SSSR count). The molecular weight excluding hydrogens is 596 g/mol. The second-order valence-electron chi connectivity index (χ2n) is 12.1. The predicted molar refractivity (Wildman–Crippen MR) is 180 cm³/mol. The second kappa shape index (κ2) is 14.9. The Morgan fingerprint density at radius 2 is 0.787 bits per heavy atom. The maximum absolute atomic E-state index is 13.4. The fourth-order valence-electron chi connectivity index (χ4n) is 6.42. The molecule has 0 saturated heterocycles. The summed E-state index contributed by atoms with van der Waals surface area (Å²) in [4.78, 5) is 30.1. The smallest absolute Gasteiger partial charge is 0.420 e. The first-order chi connectivity index (χ1) is 22.9. The van der Waals surface area contributed by atoms with Crippen LogP contribution in [-0.2, 0) is 0 Å². The Labute approximate surface area is 274 Å². The number of ether oxygens (including phenoxy) is 3. The number of rotatable bonds is 8. The van der Waals surface area contributed by atoms with Crippen LogP contribution in [-0.4, -0.2) is 34.5 Å². The molecule has 2 aliphatic carbocycles. The van der Waals surface area contributed by atoms with Gasteiger partial charge >= 0.3 is 12.2 Å². The Bertz CT molecular complexity index is 1490. The standard InChI is InChI=1S/C38H40N2O7/c41-31-15-11-29(12-16-31)39(27-7-3-1-4-8-27)37(43)46-35-23-19-33(20-24-35)45-34-21-25-36(26-22-34)47-38(44)40(28-9-5-2-6-10-28)30-13-17-32(42)18-14-30/h11-28,41-42H,1-10H2. The number of amides is 2. The molecule has 0 aromatic heterocycles. The molecule has 0 bridgehead atoms. The third-order valence-corrected chi connectivity index (χ3v) is 8.82. The Kier molecular flexibility index (Phi) is 10.1. The van der Waals surface area contributed by atoms with Crippen LogP contribution in [0.25, 0.3) is 0 Å². The fourth-order valence-corrected chi connectivity index (χ4v) is 6.42. The molecule has 0 aliphatic heterocycles. The molecule has 0 atom stereocenters. The molecule has 244 valence electrons. The monoisotopic (exact) mass is 636 g/mol. The van der Waals surface area contributed by atoms with Gasteiger partial charge in [0.25, 0.3) is 0 Å². The molecule has 0 heterocycles. The number of anilines is 2. The summed E-state index contributed by atoms with van der Waals surface area (Å²) in [5, 5.41) is 19.5. The highest BCUT2D eigenvalue weighted by Gasteiger charge is 2.30. The van der Waals surface area contributed by atoms with Crippen LogP contribution < -0.4 is 24.0 Å². The lowest BCUT2D eigenvalue weighted by atomic mass is 9.94. The van der Waals surface area contributed by atoms with Crippen molar-refractivity contribution >= 4 is 23.6 Å². The van der Waals surface area contributed by atoms with E-state index >= 15 is 0 Å². The van der Waals surface area contributed by atoms with Crippen molar-refractivity contribution in [3.8, 4) is 34.5 Å². The highest BCUT2D eigenvalue weighted by Crippen LogP contribution is 2.32. The lowest BCUT2D eigenvalue weighted by Gasteiger charge is -2.33. The van der Waals surface area contributed by atoms with E-state index in [1.165, 1.54) is 0 Å². The Hall–Kier alpha value is -5.18. The molecule has 0 spiro atoms. The van der Waals surface area contributed by atoms with Crippen LogP contribution in [0, 0.1) is 0 Å². The van der Waals surface area contributed by atoms with Gasteiger partial charge in [0, 0.05) is 23.5 Å². The van der Waals surface area contributed by atoms with Crippen molar-refractivity contribution in [3.63, 3.8) is 0 Å². The molecule has 4 aromatic carbocycles. The first kappa shape index (κ1) is 31.8. The molecule has 0 radical (unpaired) electrons. The summed E-state index contributed by atoms with van der Waals surface area (Å²) in [7, 11) is 0. The van der Waals surface area contributed by atoms with Gasteiger partial charge in [0.1, 0.15) is 34.5 Å². The van der Waals surface area contributed by atoms with Gasteiger partial charge < -0.3 is 24.4 Å². The summed E-state index contributed by atoms with van der Waals surface area (Å²) in [5.74, 6) is 2.16. The molecule has 2 fully saturated rings. The van der Waals surface area contributed by atoms with Crippen LogP contribution in [0.15, 0.2) is 97.1 Å². The van der Waals surface area contributed by atoms with Crippen LogP contribution in [0.5, 0.6) is 34.5 Å². The van der Waals surface area contributed by atoms with Gasteiger partial charge in [0.05, 0.1) is 0 Å². The molecule has 2 amide bonds. The van der Waals surface area contributed by atoms with Crippen molar-refractivity contribution in [3.05, 3.63) is 97.1 Å². The van der Waals surface area contributed by atoms with E-state index in [1.54, 1.807) is 107 Å². The minimum Gasteiger partial charge on any atom is -0.508 e. The highest BCUT2D eigenvalue weighted by molar-refractivity contribution is 5.90.